The van der Waals surface area contributed by atoms with Crippen LogP contribution in [0, 0.1) is 6.92 Å². The van der Waals surface area contributed by atoms with E-state index in [0.29, 0.717) is 6.54 Å². The van der Waals surface area contributed by atoms with E-state index in [1.54, 1.807) is 12.3 Å². The number of benzene rings is 1. The van der Waals surface area contributed by atoms with Crippen LogP contribution in [0.3, 0.4) is 0 Å². The first-order chi connectivity index (χ1) is 9.15. The Morgan fingerprint density at radius 1 is 1.26 bits per heavy atom. The van der Waals surface area contributed by atoms with Gasteiger partial charge in [-0.25, -0.2) is 0 Å². The van der Waals surface area contributed by atoms with Crippen LogP contribution in [-0.4, -0.2) is 11.9 Å². The van der Waals surface area contributed by atoms with E-state index in [-0.39, 0.29) is 11.9 Å². The third kappa shape index (κ3) is 3.88. The molecule has 100 valence electrons. The number of carbonyl (C=O) groups excluding carboxylic acids is 1. The number of furan rings is 1. The molecule has 4 heteroatoms. The van der Waals surface area contributed by atoms with E-state index in [2.05, 4.69) is 10.6 Å². The Balaban J connectivity index is 1.83. The summed E-state index contributed by atoms with van der Waals surface area (Å²) in [5.41, 5.74) is 2.13. The Hall–Kier alpha value is -2.23. The zero-order valence-electron chi connectivity index (χ0n) is 11.1. The van der Waals surface area contributed by atoms with E-state index in [9.17, 15) is 4.79 Å². The van der Waals surface area contributed by atoms with Crippen LogP contribution >= 0.6 is 0 Å². The molecule has 0 spiro atoms. The fourth-order valence-corrected chi connectivity index (χ4v) is 1.71. The summed E-state index contributed by atoms with van der Waals surface area (Å²) in [5.74, 6) is 0.688. The number of anilines is 1. The first-order valence-electron chi connectivity index (χ1n) is 6.28. The molecule has 0 bridgehead atoms. The lowest BCUT2D eigenvalue weighted by Crippen LogP contribution is -2.37. The minimum Gasteiger partial charge on any atom is -0.467 e. The molecule has 1 heterocycles. The van der Waals surface area contributed by atoms with Crippen molar-refractivity contribution in [2.45, 2.75) is 26.4 Å². The molecule has 0 aliphatic rings. The number of nitrogens with one attached hydrogen (secondary N) is 2. The maximum atomic E-state index is 11.9. The van der Waals surface area contributed by atoms with Gasteiger partial charge >= 0.3 is 0 Å². The van der Waals surface area contributed by atoms with Crippen molar-refractivity contribution in [3.63, 3.8) is 0 Å². The van der Waals surface area contributed by atoms with Crippen molar-refractivity contribution in [3.05, 3.63) is 54.0 Å². The zero-order chi connectivity index (χ0) is 13.7. The minimum absolute atomic E-state index is 0.0584. The molecule has 0 fully saturated rings. The monoisotopic (exact) mass is 258 g/mol. The van der Waals surface area contributed by atoms with Gasteiger partial charge < -0.3 is 15.1 Å². The lowest BCUT2D eigenvalue weighted by atomic mass is 10.2. The Bertz CT molecular complexity index is 518. The van der Waals surface area contributed by atoms with Crippen LogP contribution in [0.2, 0.25) is 0 Å². The molecular formula is C15H18N2O2. The van der Waals surface area contributed by atoms with E-state index >= 15 is 0 Å². The van der Waals surface area contributed by atoms with E-state index in [1.165, 1.54) is 5.56 Å². The summed E-state index contributed by atoms with van der Waals surface area (Å²) in [6.07, 6.45) is 1.59. The molecule has 2 N–H and O–H groups in total. The minimum atomic E-state index is -0.294. The Morgan fingerprint density at radius 3 is 2.63 bits per heavy atom. The second-order valence-corrected chi connectivity index (χ2v) is 4.53. The Labute approximate surface area is 112 Å². The lowest BCUT2D eigenvalue weighted by Gasteiger charge is -2.15. The third-order valence-electron chi connectivity index (χ3n) is 2.84. The van der Waals surface area contributed by atoms with Gasteiger partial charge in [0, 0.05) is 5.69 Å². The van der Waals surface area contributed by atoms with Gasteiger partial charge in [-0.3, -0.25) is 4.79 Å². The van der Waals surface area contributed by atoms with Crippen molar-refractivity contribution in [1.29, 1.82) is 0 Å². The van der Waals surface area contributed by atoms with Crippen LogP contribution < -0.4 is 10.6 Å². The van der Waals surface area contributed by atoms with Crippen molar-refractivity contribution in [1.82, 2.24) is 5.32 Å². The van der Waals surface area contributed by atoms with Crippen LogP contribution in [0.1, 0.15) is 18.2 Å². The molecule has 2 rings (SSSR count). The molecule has 0 radical (unpaired) electrons. The highest BCUT2D eigenvalue weighted by atomic mass is 16.3. The molecule has 1 aromatic carbocycles. The molecule has 1 aromatic heterocycles. The maximum Gasteiger partial charge on any atom is 0.242 e. The summed E-state index contributed by atoms with van der Waals surface area (Å²) < 4.78 is 5.16. The van der Waals surface area contributed by atoms with E-state index in [0.717, 1.165) is 11.4 Å². The Kier molecular flexibility index (Phi) is 4.23. The van der Waals surface area contributed by atoms with Gasteiger partial charge in [-0.2, -0.15) is 0 Å². The average Bonchev–Trinajstić information content (AvgIpc) is 2.91. The zero-order valence-corrected chi connectivity index (χ0v) is 11.1. The van der Waals surface area contributed by atoms with Crippen molar-refractivity contribution in [3.8, 4) is 0 Å². The molecule has 0 aliphatic heterocycles. The highest BCUT2D eigenvalue weighted by Crippen LogP contribution is 2.10. The van der Waals surface area contributed by atoms with E-state index in [4.69, 9.17) is 4.42 Å². The van der Waals surface area contributed by atoms with Gasteiger partial charge in [0.05, 0.1) is 12.8 Å². The predicted molar refractivity (Wildman–Crippen MR) is 74.8 cm³/mol. The molecule has 1 atom stereocenters. The van der Waals surface area contributed by atoms with Gasteiger partial charge in [-0.1, -0.05) is 17.7 Å². The SMILES string of the molecule is Cc1ccc(NC(C)C(=O)NCc2ccco2)cc1. The molecule has 19 heavy (non-hydrogen) atoms. The second kappa shape index (κ2) is 6.09. The van der Waals surface area contributed by atoms with Crippen molar-refractivity contribution in [2.24, 2.45) is 0 Å². The summed E-state index contributed by atoms with van der Waals surface area (Å²) in [7, 11) is 0. The topological polar surface area (TPSA) is 54.3 Å². The molecule has 4 nitrogen and oxygen atoms in total. The number of amides is 1. The Morgan fingerprint density at radius 2 is 2.00 bits per heavy atom. The predicted octanol–water partition coefficient (Wildman–Crippen LogP) is 2.70. The molecule has 0 saturated heterocycles. The van der Waals surface area contributed by atoms with Crippen LogP contribution in [0.4, 0.5) is 5.69 Å². The summed E-state index contributed by atoms with van der Waals surface area (Å²) in [4.78, 5) is 11.9. The highest BCUT2D eigenvalue weighted by molar-refractivity contribution is 5.84. The maximum absolute atomic E-state index is 11.9. The van der Waals surface area contributed by atoms with Crippen LogP contribution in [0.25, 0.3) is 0 Å². The molecular weight excluding hydrogens is 240 g/mol. The van der Waals surface area contributed by atoms with Crippen LogP contribution in [-0.2, 0) is 11.3 Å². The van der Waals surface area contributed by atoms with Crippen molar-refractivity contribution in [2.75, 3.05) is 5.32 Å². The largest absolute Gasteiger partial charge is 0.467 e. The fourth-order valence-electron chi connectivity index (χ4n) is 1.71. The lowest BCUT2D eigenvalue weighted by molar-refractivity contribution is -0.121. The summed E-state index contributed by atoms with van der Waals surface area (Å²) in [5, 5.41) is 5.98. The first kappa shape index (κ1) is 13.2. The van der Waals surface area contributed by atoms with E-state index < -0.39 is 0 Å². The number of rotatable bonds is 5. The second-order valence-electron chi connectivity index (χ2n) is 4.53. The standard InChI is InChI=1S/C15H18N2O2/c1-11-5-7-13(8-6-11)17-12(2)15(18)16-10-14-4-3-9-19-14/h3-9,12,17H,10H2,1-2H3,(H,16,18). The number of hydrogen-bond donors (Lipinski definition) is 2. The normalized spacial score (nSPS) is 11.9. The molecule has 1 amide bonds. The van der Waals surface area contributed by atoms with Gasteiger partial charge in [-0.15, -0.1) is 0 Å². The number of aryl methyl sites for hydroxylation is 1. The summed E-state index contributed by atoms with van der Waals surface area (Å²) in [6.45, 7) is 4.27. The van der Waals surface area contributed by atoms with Gasteiger partial charge in [0.2, 0.25) is 5.91 Å². The first-order valence-corrected chi connectivity index (χ1v) is 6.28. The van der Waals surface area contributed by atoms with Crippen molar-refractivity contribution < 1.29 is 9.21 Å². The molecule has 0 saturated carbocycles. The summed E-state index contributed by atoms with van der Waals surface area (Å²) in [6, 6.07) is 11.3. The molecule has 0 aliphatic carbocycles. The fraction of sp³-hybridized carbons (Fsp3) is 0.267. The highest BCUT2D eigenvalue weighted by Gasteiger charge is 2.12. The van der Waals surface area contributed by atoms with E-state index in [1.807, 2.05) is 44.2 Å². The van der Waals surface area contributed by atoms with Crippen LogP contribution in [0.15, 0.2) is 47.1 Å². The summed E-state index contributed by atoms with van der Waals surface area (Å²) >= 11 is 0. The van der Waals surface area contributed by atoms with Gasteiger partial charge in [0.25, 0.3) is 0 Å². The molecule has 2 aromatic rings. The quantitative estimate of drug-likeness (QED) is 0.867. The number of carbonyl (C=O) groups is 1. The third-order valence-corrected chi connectivity index (χ3v) is 2.84. The van der Waals surface area contributed by atoms with Crippen molar-refractivity contribution >= 4 is 11.6 Å². The van der Waals surface area contributed by atoms with Gasteiger partial charge in [0.1, 0.15) is 11.8 Å². The van der Waals surface area contributed by atoms with Crippen LogP contribution in [0.5, 0.6) is 0 Å². The average molecular weight is 258 g/mol. The van der Waals surface area contributed by atoms with Gasteiger partial charge in [-0.05, 0) is 38.1 Å². The number of hydrogen-bond acceptors (Lipinski definition) is 3. The van der Waals surface area contributed by atoms with Gasteiger partial charge in [0.15, 0.2) is 0 Å². The molecule has 1 unspecified atom stereocenters. The smallest absolute Gasteiger partial charge is 0.242 e.